The number of halogens is 3. The quantitative estimate of drug-likeness (QED) is 0.721. The maximum Gasteiger partial charge on any atom is 0.308 e. The third-order valence-electron chi connectivity index (χ3n) is 2.88. The molecule has 0 fully saturated rings. The molecule has 93 valence electrons. The van der Waals surface area contributed by atoms with E-state index in [9.17, 15) is 13.2 Å². The number of alkyl halides is 2. The van der Waals surface area contributed by atoms with E-state index in [-0.39, 0.29) is 6.02 Å². The molecule has 4 nitrogen and oxygen atoms in total. The summed E-state index contributed by atoms with van der Waals surface area (Å²) in [6.07, 6.45) is 4.79. The van der Waals surface area contributed by atoms with E-state index in [2.05, 4.69) is 21.2 Å². The van der Waals surface area contributed by atoms with E-state index in [1.54, 1.807) is 0 Å². The van der Waals surface area contributed by atoms with Crippen LogP contribution in [-0.4, -0.2) is 30.1 Å². The highest BCUT2D eigenvalue weighted by Crippen LogP contribution is 2.40. The number of hydrogen-bond donors (Lipinski definition) is 2. The Morgan fingerprint density at radius 2 is 2.35 bits per heavy atom. The fourth-order valence-electron chi connectivity index (χ4n) is 1.76. The standard InChI is InChI=1S/C10H11F3N3O/c1-9(7-6(11)3-2-4-15-7)10(12,13)5-17-8(14)16-9/h2-3,7,15H,5H2,1H3,(H2,14,16)/t7?,9-/m1/s1. The third kappa shape index (κ3) is 1.75. The van der Waals surface area contributed by atoms with Crippen molar-refractivity contribution in [3.8, 4) is 0 Å². The Labute approximate surface area is 96.0 Å². The zero-order chi connectivity index (χ0) is 12.7. The SMILES string of the molecule is C[C@]1(C2N[C]=CC=C2F)N=C(N)OCC1(F)F. The Morgan fingerprint density at radius 1 is 1.65 bits per heavy atom. The van der Waals surface area contributed by atoms with Crippen molar-refractivity contribution in [3.63, 3.8) is 0 Å². The zero-order valence-electron chi connectivity index (χ0n) is 9.01. The van der Waals surface area contributed by atoms with Crippen LogP contribution in [0.2, 0.25) is 0 Å². The summed E-state index contributed by atoms with van der Waals surface area (Å²) in [5, 5.41) is 2.41. The average Bonchev–Trinajstić information content (AvgIpc) is 2.25. The van der Waals surface area contributed by atoms with Crippen molar-refractivity contribution in [2.24, 2.45) is 10.7 Å². The fraction of sp³-hybridized carbons (Fsp3) is 0.500. The van der Waals surface area contributed by atoms with Crippen LogP contribution in [0, 0.1) is 6.20 Å². The van der Waals surface area contributed by atoms with Gasteiger partial charge in [-0.2, -0.15) is 0 Å². The maximum absolute atomic E-state index is 13.8. The van der Waals surface area contributed by atoms with Gasteiger partial charge in [0.2, 0.25) is 0 Å². The van der Waals surface area contributed by atoms with Gasteiger partial charge in [0.05, 0.1) is 6.20 Å². The molecule has 0 aromatic carbocycles. The van der Waals surface area contributed by atoms with Gasteiger partial charge in [-0.05, 0) is 19.1 Å². The lowest BCUT2D eigenvalue weighted by Gasteiger charge is -2.42. The van der Waals surface area contributed by atoms with Crippen LogP contribution in [-0.2, 0) is 4.74 Å². The minimum absolute atomic E-state index is 0.373. The number of aliphatic imine (C=N–C) groups is 1. The predicted molar refractivity (Wildman–Crippen MR) is 54.9 cm³/mol. The third-order valence-corrected chi connectivity index (χ3v) is 2.88. The van der Waals surface area contributed by atoms with Crippen LogP contribution in [0.3, 0.4) is 0 Å². The number of amidine groups is 1. The van der Waals surface area contributed by atoms with Crippen LogP contribution in [0.1, 0.15) is 6.92 Å². The van der Waals surface area contributed by atoms with Crippen molar-refractivity contribution < 1.29 is 17.9 Å². The molecule has 2 aliphatic heterocycles. The molecule has 0 saturated carbocycles. The molecule has 0 saturated heterocycles. The van der Waals surface area contributed by atoms with Crippen molar-refractivity contribution in [1.29, 1.82) is 0 Å². The van der Waals surface area contributed by atoms with Crippen LogP contribution < -0.4 is 11.1 Å². The van der Waals surface area contributed by atoms with Crippen molar-refractivity contribution in [2.75, 3.05) is 6.61 Å². The smallest absolute Gasteiger partial charge is 0.308 e. The molecule has 2 heterocycles. The molecule has 1 radical (unpaired) electrons. The van der Waals surface area contributed by atoms with Gasteiger partial charge in [-0.1, -0.05) is 0 Å². The second-order valence-electron chi connectivity index (χ2n) is 4.03. The Hall–Kier alpha value is -1.66. The Balaban J connectivity index is 2.42. The molecule has 0 spiro atoms. The topological polar surface area (TPSA) is 59.6 Å². The Bertz CT molecular complexity index is 419. The number of nitrogens with two attached hydrogens (primary N) is 1. The lowest BCUT2D eigenvalue weighted by Crippen LogP contribution is -2.63. The molecule has 0 aromatic rings. The molecule has 0 aliphatic carbocycles. The first-order valence-electron chi connectivity index (χ1n) is 4.93. The molecule has 1 unspecified atom stereocenters. The molecule has 0 bridgehead atoms. The predicted octanol–water partition coefficient (Wildman–Crippen LogP) is 0.867. The van der Waals surface area contributed by atoms with Crippen molar-refractivity contribution in [1.82, 2.24) is 5.32 Å². The highest BCUT2D eigenvalue weighted by Gasteiger charge is 2.59. The van der Waals surface area contributed by atoms with Crippen LogP contribution in [0.4, 0.5) is 13.2 Å². The molecular weight excluding hydrogens is 235 g/mol. The summed E-state index contributed by atoms with van der Waals surface area (Å²) in [4.78, 5) is 3.57. The number of ether oxygens (including phenoxy) is 1. The summed E-state index contributed by atoms with van der Waals surface area (Å²) < 4.78 is 45.7. The van der Waals surface area contributed by atoms with Crippen LogP contribution in [0.15, 0.2) is 23.0 Å². The molecule has 17 heavy (non-hydrogen) atoms. The highest BCUT2D eigenvalue weighted by atomic mass is 19.3. The lowest BCUT2D eigenvalue weighted by atomic mass is 9.84. The molecule has 2 aliphatic rings. The Morgan fingerprint density at radius 3 is 3.00 bits per heavy atom. The summed E-state index contributed by atoms with van der Waals surface area (Å²) in [6.45, 7) is 0.203. The number of hydrogen-bond acceptors (Lipinski definition) is 4. The molecule has 3 N–H and O–H groups in total. The lowest BCUT2D eigenvalue weighted by molar-refractivity contribution is -0.121. The van der Waals surface area contributed by atoms with Crippen LogP contribution in [0.5, 0.6) is 0 Å². The molecule has 0 amide bonds. The summed E-state index contributed by atoms with van der Waals surface area (Å²) in [5.41, 5.74) is 3.24. The van der Waals surface area contributed by atoms with E-state index in [1.165, 1.54) is 6.08 Å². The number of dihydropyridines is 1. The first-order valence-corrected chi connectivity index (χ1v) is 4.93. The minimum Gasteiger partial charge on any atom is -0.459 e. The maximum atomic E-state index is 13.8. The number of rotatable bonds is 1. The van der Waals surface area contributed by atoms with Gasteiger partial charge in [0, 0.05) is 0 Å². The highest BCUT2D eigenvalue weighted by molar-refractivity contribution is 5.73. The van der Waals surface area contributed by atoms with Gasteiger partial charge in [0.15, 0.2) is 12.1 Å². The number of allylic oxidation sites excluding steroid dienone is 2. The van der Waals surface area contributed by atoms with E-state index in [0.29, 0.717) is 0 Å². The van der Waals surface area contributed by atoms with Gasteiger partial charge >= 0.3 is 5.92 Å². The fourth-order valence-corrected chi connectivity index (χ4v) is 1.76. The van der Waals surface area contributed by atoms with Gasteiger partial charge in [-0.15, -0.1) is 0 Å². The minimum atomic E-state index is -3.34. The molecule has 7 heteroatoms. The van der Waals surface area contributed by atoms with Crippen molar-refractivity contribution in [3.05, 3.63) is 24.2 Å². The van der Waals surface area contributed by atoms with Gasteiger partial charge < -0.3 is 15.8 Å². The number of nitrogens with zero attached hydrogens (tertiary/aromatic N) is 1. The van der Waals surface area contributed by atoms with Gasteiger partial charge in [-0.3, -0.25) is 0 Å². The van der Waals surface area contributed by atoms with Gasteiger partial charge in [-0.25, -0.2) is 18.2 Å². The number of nitrogens with one attached hydrogen (secondary N) is 1. The van der Waals surface area contributed by atoms with Crippen molar-refractivity contribution in [2.45, 2.75) is 24.4 Å². The normalized spacial score (nSPS) is 35.4. The van der Waals surface area contributed by atoms with Crippen molar-refractivity contribution >= 4 is 6.02 Å². The summed E-state index contributed by atoms with van der Waals surface area (Å²) in [6, 6.07) is -1.69. The summed E-state index contributed by atoms with van der Waals surface area (Å²) >= 11 is 0. The first kappa shape index (κ1) is 11.8. The molecular formula is C10H11F3N3O. The van der Waals surface area contributed by atoms with E-state index < -0.39 is 29.9 Å². The van der Waals surface area contributed by atoms with E-state index >= 15 is 0 Å². The van der Waals surface area contributed by atoms with E-state index in [0.717, 1.165) is 13.0 Å². The van der Waals surface area contributed by atoms with Crippen LogP contribution >= 0.6 is 0 Å². The van der Waals surface area contributed by atoms with E-state index in [4.69, 9.17) is 5.73 Å². The van der Waals surface area contributed by atoms with E-state index in [1.807, 2.05) is 0 Å². The van der Waals surface area contributed by atoms with Gasteiger partial charge in [0.25, 0.3) is 6.02 Å². The summed E-state index contributed by atoms with van der Waals surface area (Å²) in [5.74, 6) is -4.08. The molecule has 2 rings (SSSR count). The second kappa shape index (κ2) is 3.68. The summed E-state index contributed by atoms with van der Waals surface area (Å²) in [7, 11) is 0. The van der Waals surface area contributed by atoms with Crippen LogP contribution in [0.25, 0.3) is 0 Å². The Kier molecular flexibility index (Phi) is 2.56. The molecule has 2 atom stereocenters. The average molecular weight is 246 g/mol. The van der Waals surface area contributed by atoms with Gasteiger partial charge in [0.1, 0.15) is 11.9 Å². The monoisotopic (exact) mass is 246 g/mol. The zero-order valence-corrected chi connectivity index (χ0v) is 9.01. The second-order valence-corrected chi connectivity index (χ2v) is 4.03. The molecule has 0 aromatic heterocycles. The first-order chi connectivity index (χ1) is 7.87. The largest absolute Gasteiger partial charge is 0.459 e.